The Morgan fingerprint density at radius 2 is 2.40 bits per heavy atom. The lowest BCUT2D eigenvalue weighted by Crippen LogP contribution is -2.08. The van der Waals surface area contributed by atoms with Crippen molar-refractivity contribution in [2.75, 3.05) is 11.5 Å². The molecule has 0 aromatic heterocycles. The molecule has 0 aromatic carbocycles. The number of aliphatic hydroxyl groups is 1. The fraction of sp³-hybridized carbons (Fsp3) is 0.500. The molecule has 0 aliphatic carbocycles. The molecule has 0 bridgehead atoms. The average Bonchev–Trinajstić information content (AvgIpc) is 1.87. The number of aliphatic hydroxyl groups excluding tert-OH is 1. The Bertz CT molecular complexity index is 124. The van der Waals surface area contributed by atoms with Gasteiger partial charge in [0, 0.05) is 5.75 Å². The minimum Gasteiger partial charge on any atom is -0.481 e. The van der Waals surface area contributed by atoms with Gasteiger partial charge in [0.1, 0.15) is 0 Å². The van der Waals surface area contributed by atoms with Crippen LogP contribution in [0.2, 0.25) is 0 Å². The Morgan fingerprint density at radius 1 is 1.80 bits per heavy atom. The van der Waals surface area contributed by atoms with Crippen molar-refractivity contribution in [1.29, 1.82) is 0 Å². The van der Waals surface area contributed by atoms with Gasteiger partial charge in [-0.3, -0.25) is 4.79 Å². The first-order chi connectivity index (χ1) is 4.66. The van der Waals surface area contributed by atoms with Gasteiger partial charge in [0.05, 0.1) is 11.9 Å². The Labute approximate surface area is 63.7 Å². The molecular weight excluding hydrogens is 152 g/mol. The van der Waals surface area contributed by atoms with Crippen LogP contribution in [0.15, 0.2) is 12.7 Å². The molecule has 0 aliphatic rings. The number of thioether (sulfide) groups is 1. The fourth-order valence-electron chi connectivity index (χ4n) is 0.335. The van der Waals surface area contributed by atoms with Gasteiger partial charge in [-0.1, -0.05) is 6.08 Å². The van der Waals surface area contributed by atoms with Crippen LogP contribution >= 0.6 is 11.8 Å². The maximum absolute atomic E-state index is 9.94. The summed E-state index contributed by atoms with van der Waals surface area (Å²) in [5, 5.41) is 17.0. The molecule has 0 saturated heterocycles. The Kier molecular flexibility index (Phi) is 5.06. The van der Waals surface area contributed by atoms with Gasteiger partial charge in [0.2, 0.25) is 0 Å². The molecule has 0 radical (unpaired) electrons. The highest BCUT2D eigenvalue weighted by atomic mass is 32.2. The maximum Gasteiger partial charge on any atom is 0.313 e. The highest BCUT2D eigenvalue weighted by molar-refractivity contribution is 7.99. The Hall–Kier alpha value is -0.480. The third kappa shape index (κ3) is 5.65. The standard InChI is InChI=1S/C6H10O3S/c1-2-5(7)3-10-4-6(8)9/h2,5,7H,1,3-4H2,(H,8,9). The van der Waals surface area contributed by atoms with E-state index in [0.717, 1.165) is 0 Å². The second kappa shape index (κ2) is 5.32. The summed E-state index contributed by atoms with van der Waals surface area (Å²) in [5.74, 6) is -0.429. The minimum absolute atomic E-state index is 0.0326. The normalized spacial score (nSPS) is 12.5. The molecule has 58 valence electrons. The summed E-state index contributed by atoms with van der Waals surface area (Å²) in [4.78, 5) is 9.94. The summed E-state index contributed by atoms with van der Waals surface area (Å²) in [5.41, 5.74) is 0. The van der Waals surface area contributed by atoms with Gasteiger partial charge >= 0.3 is 5.97 Å². The smallest absolute Gasteiger partial charge is 0.313 e. The molecule has 0 spiro atoms. The van der Waals surface area contributed by atoms with Gasteiger partial charge in [-0.15, -0.1) is 18.3 Å². The van der Waals surface area contributed by atoms with E-state index < -0.39 is 12.1 Å². The van der Waals surface area contributed by atoms with E-state index in [1.54, 1.807) is 0 Å². The molecule has 2 N–H and O–H groups in total. The Morgan fingerprint density at radius 3 is 2.80 bits per heavy atom. The third-order valence-corrected chi connectivity index (χ3v) is 1.81. The quantitative estimate of drug-likeness (QED) is 0.573. The largest absolute Gasteiger partial charge is 0.481 e. The van der Waals surface area contributed by atoms with E-state index in [1.165, 1.54) is 17.8 Å². The van der Waals surface area contributed by atoms with Gasteiger partial charge in [-0.2, -0.15) is 0 Å². The molecule has 4 heteroatoms. The molecule has 0 heterocycles. The summed E-state index contributed by atoms with van der Waals surface area (Å²) < 4.78 is 0. The number of rotatable bonds is 5. The number of carboxylic acids is 1. The first-order valence-electron chi connectivity index (χ1n) is 2.77. The van der Waals surface area contributed by atoms with E-state index in [0.29, 0.717) is 5.75 Å². The van der Waals surface area contributed by atoms with Crippen molar-refractivity contribution in [2.24, 2.45) is 0 Å². The number of carbonyl (C=O) groups is 1. The molecule has 0 saturated carbocycles. The molecule has 0 aliphatic heterocycles. The van der Waals surface area contributed by atoms with Crippen LogP contribution in [-0.2, 0) is 4.79 Å². The fourth-order valence-corrected chi connectivity index (χ4v) is 1.01. The molecular formula is C6H10O3S. The van der Waals surface area contributed by atoms with Gasteiger partial charge in [0.15, 0.2) is 0 Å². The number of hydrogen-bond donors (Lipinski definition) is 2. The zero-order valence-electron chi connectivity index (χ0n) is 5.49. The number of aliphatic carboxylic acids is 1. The van der Waals surface area contributed by atoms with Gasteiger partial charge in [-0.25, -0.2) is 0 Å². The van der Waals surface area contributed by atoms with Crippen LogP contribution in [-0.4, -0.2) is 33.8 Å². The maximum atomic E-state index is 9.94. The van der Waals surface area contributed by atoms with Crippen LogP contribution in [0.4, 0.5) is 0 Å². The van der Waals surface area contributed by atoms with E-state index in [9.17, 15) is 4.79 Å². The van der Waals surface area contributed by atoms with E-state index in [4.69, 9.17) is 10.2 Å². The number of hydrogen-bond acceptors (Lipinski definition) is 3. The average molecular weight is 162 g/mol. The molecule has 1 atom stereocenters. The zero-order chi connectivity index (χ0) is 7.98. The topological polar surface area (TPSA) is 57.5 Å². The molecule has 3 nitrogen and oxygen atoms in total. The predicted octanol–water partition coefficient (Wildman–Crippen LogP) is 0.351. The lowest BCUT2D eigenvalue weighted by Gasteiger charge is -2.00. The van der Waals surface area contributed by atoms with Crippen molar-refractivity contribution >= 4 is 17.7 Å². The Balaban J connectivity index is 3.19. The van der Waals surface area contributed by atoms with Crippen LogP contribution in [0.1, 0.15) is 0 Å². The van der Waals surface area contributed by atoms with Crippen LogP contribution in [0.3, 0.4) is 0 Å². The van der Waals surface area contributed by atoms with E-state index >= 15 is 0 Å². The molecule has 0 fully saturated rings. The van der Waals surface area contributed by atoms with Crippen molar-refractivity contribution in [3.8, 4) is 0 Å². The second-order valence-electron chi connectivity index (χ2n) is 1.71. The van der Waals surface area contributed by atoms with Crippen LogP contribution in [0, 0.1) is 0 Å². The van der Waals surface area contributed by atoms with Crippen molar-refractivity contribution in [3.05, 3.63) is 12.7 Å². The highest BCUT2D eigenvalue weighted by Gasteiger charge is 2.00. The summed E-state index contributed by atoms with van der Waals surface area (Å²) in [6.45, 7) is 3.35. The first kappa shape index (κ1) is 9.52. The zero-order valence-corrected chi connectivity index (χ0v) is 6.30. The summed E-state index contributed by atoms with van der Waals surface area (Å²) in [6.07, 6.45) is 0.791. The monoisotopic (exact) mass is 162 g/mol. The van der Waals surface area contributed by atoms with E-state index in [-0.39, 0.29) is 5.75 Å². The second-order valence-corrected chi connectivity index (χ2v) is 2.74. The minimum atomic E-state index is -0.860. The number of carboxylic acid groups (broad SMARTS) is 1. The van der Waals surface area contributed by atoms with Gasteiger partial charge in [-0.05, 0) is 0 Å². The van der Waals surface area contributed by atoms with Crippen LogP contribution < -0.4 is 0 Å². The SMILES string of the molecule is C=CC(O)CSCC(=O)O. The van der Waals surface area contributed by atoms with Crippen molar-refractivity contribution < 1.29 is 15.0 Å². The first-order valence-corrected chi connectivity index (χ1v) is 3.92. The summed E-state index contributed by atoms with van der Waals surface area (Å²) in [7, 11) is 0. The van der Waals surface area contributed by atoms with Crippen molar-refractivity contribution in [3.63, 3.8) is 0 Å². The third-order valence-electron chi connectivity index (χ3n) is 0.786. The lowest BCUT2D eigenvalue weighted by molar-refractivity contribution is -0.133. The summed E-state index contributed by atoms with van der Waals surface area (Å²) in [6, 6.07) is 0. The van der Waals surface area contributed by atoms with E-state index in [1.807, 2.05) is 0 Å². The lowest BCUT2D eigenvalue weighted by atomic mass is 10.4. The van der Waals surface area contributed by atoms with E-state index in [2.05, 4.69) is 6.58 Å². The molecule has 1 unspecified atom stereocenters. The molecule has 0 aromatic rings. The summed E-state index contributed by atoms with van der Waals surface area (Å²) >= 11 is 1.17. The van der Waals surface area contributed by atoms with Crippen LogP contribution in [0.5, 0.6) is 0 Å². The van der Waals surface area contributed by atoms with Crippen molar-refractivity contribution in [1.82, 2.24) is 0 Å². The highest BCUT2D eigenvalue weighted by Crippen LogP contribution is 2.02. The molecule has 0 rings (SSSR count). The van der Waals surface area contributed by atoms with Crippen LogP contribution in [0.25, 0.3) is 0 Å². The molecule has 10 heavy (non-hydrogen) atoms. The molecule has 0 amide bonds. The van der Waals surface area contributed by atoms with Gasteiger partial charge in [0.25, 0.3) is 0 Å². The predicted molar refractivity (Wildman–Crippen MR) is 41.2 cm³/mol. The van der Waals surface area contributed by atoms with Crippen molar-refractivity contribution in [2.45, 2.75) is 6.10 Å². The van der Waals surface area contributed by atoms with Gasteiger partial charge < -0.3 is 10.2 Å².